The van der Waals surface area contributed by atoms with E-state index in [1.165, 1.54) is 6.92 Å². The second-order valence-electron chi connectivity index (χ2n) is 4.76. The van der Waals surface area contributed by atoms with Gasteiger partial charge < -0.3 is 14.8 Å². The van der Waals surface area contributed by atoms with E-state index in [1.54, 1.807) is 17.8 Å². The SMILES string of the molecule is CC(=O)Nc1ccccc1SCc1cc2c(cc1Cl)OCO2. The molecule has 0 unspecified atom stereocenters. The lowest BCUT2D eigenvalue weighted by molar-refractivity contribution is -0.114. The zero-order chi connectivity index (χ0) is 15.5. The Labute approximate surface area is 137 Å². The van der Waals surface area contributed by atoms with E-state index in [2.05, 4.69) is 5.32 Å². The number of thioether (sulfide) groups is 1. The maximum absolute atomic E-state index is 11.2. The fourth-order valence-corrected chi connectivity index (χ4v) is 3.41. The number of amides is 1. The van der Waals surface area contributed by atoms with Crippen LogP contribution in [-0.4, -0.2) is 12.7 Å². The Kier molecular flexibility index (Phi) is 4.45. The fourth-order valence-electron chi connectivity index (χ4n) is 2.11. The van der Waals surface area contributed by atoms with Gasteiger partial charge in [0.05, 0.1) is 5.69 Å². The van der Waals surface area contributed by atoms with E-state index in [9.17, 15) is 4.79 Å². The van der Waals surface area contributed by atoms with Gasteiger partial charge in [-0.25, -0.2) is 0 Å². The summed E-state index contributed by atoms with van der Waals surface area (Å²) in [5.41, 5.74) is 1.77. The smallest absolute Gasteiger partial charge is 0.231 e. The molecule has 2 aromatic rings. The number of nitrogens with one attached hydrogen (secondary N) is 1. The third kappa shape index (κ3) is 3.31. The van der Waals surface area contributed by atoms with Gasteiger partial charge in [-0.2, -0.15) is 0 Å². The molecule has 0 saturated heterocycles. The van der Waals surface area contributed by atoms with Crippen LogP contribution >= 0.6 is 23.4 Å². The summed E-state index contributed by atoms with van der Waals surface area (Å²) < 4.78 is 10.7. The first-order valence-electron chi connectivity index (χ1n) is 6.71. The maximum atomic E-state index is 11.2. The van der Waals surface area contributed by atoms with E-state index in [1.807, 2.05) is 30.3 Å². The Balaban J connectivity index is 1.77. The van der Waals surface area contributed by atoms with E-state index in [-0.39, 0.29) is 12.7 Å². The van der Waals surface area contributed by atoms with Gasteiger partial charge in [0.1, 0.15) is 0 Å². The van der Waals surface area contributed by atoms with Crippen LogP contribution in [0.25, 0.3) is 0 Å². The molecule has 0 radical (unpaired) electrons. The van der Waals surface area contributed by atoms with Gasteiger partial charge in [0.25, 0.3) is 0 Å². The molecule has 1 heterocycles. The number of carbonyl (C=O) groups is 1. The van der Waals surface area contributed by atoms with Crippen LogP contribution in [0.1, 0.15) is 12.5 Å². The molecule has 0 spiro atoms. The molecular formula is C16H14ClNO3S. The van der Waals surface area contributed by atoms with Crippen LogP contribution in [0.4, 0.5) is 5.69 Å². The van der Waals surface area contributed by atoms with E-state index in [0.717, 1.165) is 21.9 Å². The minimum absolute atomic E-state index is 0.0887. The number of benzene rings is 2. The molecule has 6 heteroatoms. The van der Waals surface area contributed by atoms with Crippen molar-refractivity contribution in [3.05, 3.63) is 47.0 Å². The summed E-state index contributed by atoms with van der Waals surface area (Å²) in [7, 11) is 0. The third-order valence-corrected chi connectivity index (χ3v) is 4.60. The van der Waals surface area contributed by atoms with Gasteiger partial charge in [-0.3, -0.25) is 4.79 Å². The summed E-state index contributed by atoms with van der Waals surface area (Å²) in [5, 5.41) is 3.48. The average Bonchev–Trinajstić information content (AvgIpc) is 2.92. The van der Waals surface area contributed by atoms with Crippen LogP contribution in [0.3, 0.4) is 0 Å². The zero-order valence-corrected chi connectivity index (χ0v) is 13.5. The fraction of sp³-hybridized carbons (Fsp3) is 0.188. The Morgan fingerprint density at radius 1 is 1.27 bits per heavy atom. The lowest BCUT2D eigenvalue weighted by Gasteiger charge is -2.10. The highest BCUT2D eigenvalue weighted by molar-refractivity contribution is 7.98. The molecule has 0 bridgehead atoms. The van der Waals surface area contributed by atoms with E-state index < -0.39 is 0 Å². The Bertz CT molecular complexity index is 721. The van der Waals surface area contributed by atoms with Gasteiger partial charge in [-0.1, -0.05) is 23.7 Å². The summed E-state index contributed by atoms with van der Waals surface area (Å²) in [6.07, 6.45) is 0. The molecule has 0 saturated carbocycles. The molecule has 1 amide bonds. The highest BCUT2D eigenvalue weighted by Gasteiger charge is 2.16. The van der Waals surface area contributed by atoms with Crippen molar-refractivity contribution in [1.29, 1.82) is 0 Å². The van der Waals surface area contributed by atoms with Crippen molar-refractivity contribution in [2.75, 3.05) is 12.1 Å². The van der Waals surface area contributed by atoms with Crippen molar-refractivity contribution >= 4 is 35.0 Å². The molecule has 22 heavy (non-hydrogen) atoms. The van der Waals surface area contributed by atoms with E-state index in [4.69, 9.17) is 21.1 Å². The first kappa shape index (κ1) is 15.1. The van der Waals surface area contributed by atoms with E-state index in [0.29, 0.717) is 16.5 Å². The molecule has 0 aromatic heterocycles. The monoisotopic (exact) mass is 335 g/mol. The molecule has 1 aliphatic rings. The van der Waals surface area contributed by atoms with Gasteiger partial charge in [-0.15, -0.1) is 11.8 Å². The molecule has 0 aliphatic carbocycles. The van der Waals surface area contributed by atoms with Crippen LogP contribution in [0.5, 0.6) is 11.5 Å². The molecule has 2 aromatic carbocycles. The number of para-hydroxylation sites is 1. The number of fused-ring (bicyclic) bond motifs is 1. The van der Waals surface area contributed by atoms with Crippen molar-refractivity contribution in [1.82, 2.24) is 0 Å². The molecular weight excluding hydrogens is 322 g/mol. The standard InChI is InChI=1S/C16H14ClNO3S/c1-10(19)18-13-4-2-3-5-16(13)22-8-11-6-14-15(7-12(11)17)21-9-20-14/h2-7H,8-9H2,1H3,(H,18,19). The minimum Gasteiger partial charge on any atom is -0.454 e. The highest BCUT2D eigenvalue weighted by Crippen LogP contribution is 2.39. The van der Waals surface area contributed by atoms with Crippen molar-refractivity contribution in [3.8, 4) is 11.5 Å². The largest absolute Gasteiger partial charge is 0.454 e. The number of ether oxygens (including phenoxy) is 2. The van der Waals surface area contributed by atoms with Crippen molar-refractivity contribution in [2.24, 2.45) is 0 Å². The van der Waals surface area contributed by atoms with Crippen molar-refractivity contribution in [3.63, 3.8) is 0 Å². The zero-order valence-electron chi connectivity index (χ0n) is 11.9. The number of hydrogen-bond donors (Lipinski definition) is 1. The number of anilines is 1. The van der Waals surface area contributed by atoms with Crippen LogP contribution < -0.4 is 14.8 Å². The van der Waals surface area contributed by atoms with Crippen LogP contribution in [0.15, 0.2) is 41.3 Å². The van der Waals surface area contributed by atoms with Gasteiger partial charge in [-0.05, 0) is 23.8 Å². The first-order chi connectivity index (χ1) is 10.6. The van der Waals surface area contributed by atoms with E-state index >= 15 is 0 Å². The molecule has 0 atom stereocenters. The van der Waals surface area contributed by atoms with Crippen molar-refractivity contribution < 1.29 is 14.3 Å². The van der Waals surface area contributed by atoms with Gasteiger partial charge in [0.15, 0.2) is 11.5 Å². The second kappa shape index (κ2) is 6.50. The molecule has 1 aliphatic heterocycles. The summed E-state index contributed by atoms with van der Waals surface area (Å²) in [5.74, 6) is 1.98. The summed E-state index contributed by atoms with van der Waals surface area (Å²) in [6, 6.07) is 11.4. The van der Waals surface area contributed by atoms with Crippen LogP contribution in [-0.2, 0) is 10.5 Å². The Morgan fingerprint density at radius 2 is 2.00 bits per heavy atom. The molecule has 4 nitrogen and oxygen atoms in total. The summed E-state index contributed by atoms with van der Waals surface area (Å²) in [4.78, 5) is 12.2. The number of rotatable bonds is 4. The molecule has 0 fully saturated rings. The summed E-state index contributed by atoms with van der Waals surface area (Å²) >= 11 is 7.89. The average molecular weight is 336 g/mol. The molecule has 1 N–H and O–H groups in total. The normalized spacial score (nSPS) is 12.3. The first-order valence-corrected chi connectivity index (χ1v) is 8.07. The Hall–Kier alpha value is -1.85. The third-order valence-electron chi connectivity index (χ3n) is 3.12. The molecule has 114 valence electrons. The van der Waals surface area contributed by atoms with Gasteiger partial charge in [0, 0.05) is 28.7 Å². The lowest BCUT2D eigenvalue weighted by atomic mass is 10.2. The highest BCUT2D eigenvalue weighted by atomic mass is 35.5. The van der Waals surface area contributed by atoms with Crippen molar-refractivity contribution in [2.45, 2.75) is 17.6 Å². The second-order valence-corrected chi connectivity index (χ2v) is 6.19. The minimum atomic E-state index is -0.0887. The van der Waals surface area contributed by atoms with Gasteiger partial charge >= 0.3 is 0 Å². The molecule has 3 rings (SSSR count). The summed E-state index contributed by atoms with van der Waals surface area (Å²) in [6.45, 7) is 1.73. The number of hydrogen-bond acceptors (Lipinski definition) is 4. The maximum Gasteiger partial charge on any atom is 0.231 e. The number of carbonyl (C=O) groups excluding carboxylic acids is 1. The van der Waals surface area contributed by atoms with Gasteiger partial charge in [0.2, 0.25) is 12.7 Å². The van der Waals surface area contributed by atoms with Crippen LogP contribution in [0, 0.1) is 0 Å². The number of halogens is 1. The predicted octanol–water partition coefficient (Wildman–Crippen LogP) is 4.32. The Morgan fingerprint density at radius 3 is 2.77 bits per heavy atom. The predicted molar refractivity (Wildman–Crippen MR) is 87.9 cm³/mol. The quantitative estimate of drug-likeness (QED) is 0.845. The van der Waals surface area contributed by atoms with Crippen LogP contribution in [0.2, 0.25) is 5.02 Å². The topological polar surface area (TPSA) is 47.6 Å². The lowest BCUT2D eigenvalue weighted by Crippen LogP contribution is -2.06.